The summed E-state index contributed by atoms with van der Waals surface area (Å²) < 4.78 is 15.7. The molecule has 28 heavy (non-hydrogen) atoms. The van der Waals surface area contributed by atoms with Gasteiger partial charge in [0.15, 0.2) is 5.17 Å². The van der Waals surface area contributed by atoms with Gasteiger partial charge < -0.3 is 14.0 Å². The van der Waals surface area contributed by atoms with Gasteiger partial charge in [-0.2, -0.15) is 4.90 Å². The summed E-state index contributed by atoms with van der Waals surface area (Å²) in [5, 5.41) is 11.8. The third-order valence-electron chi connectivity index (χ3n) is 3.62. The topological polar surface area (TPSA) is 106 Å². The summed E-state index contributed by atoms with van der Waals surface area (Å²) in [4.78, 5) is 26.5. The van der Waals surface area contributed by atoms with Gasteiger partial charge in [0.1, 0.15) is 28.4 Å². The molecule has 150 valence electrons. The fraction of sp³-hybridized carbons (Fsp3) is 0.368. The molecule has 0 saturated heterocycles. The van der Waals surface area contributed by atoms with E-state index in [0.29, 0.717) is 16.2 Å². The number of nitrogens with one attached hydrogen (secondary N) is 1. The van der Waals surface area contributed by atoms with Crippen LogP contribution < -0.4 is 4.74 Å². The van der Waals surface area contributed by atoms with E-state index in [-0.39, 0.29) is 22.2 Å². The first-order chi connectivity index (χ1) is 13.1. The Kier molecular flexibility index (Phi) is 6.50. The van der Waals surface area contributed by atoms with E-state index in [1.165, 1.54) is 0 Å². The van der Waals surface area contributed by atoms with Crippen molar-refractivity contribution >= 4 is 28.9 Å². The molecule has 1 heterocycles. The van der Waals surface area contributed by atoms with Gasteiger partial charge in [-0.3, -0.25) is 10.2 Å². The lowest BCUT2D eigenvalue weighted by atomic mass is 10.1. The maximum Gasteiger partial charge on any atom is 0.423 e. The Labute approximate surface area is 167 Å². The van der Waals surface area contributed by atoms with Crippen LogP contribution in [-0.4, -0.2) is 46.2 Å². The molecule has 0 saturated carbocycles. The molecule has 0 radical (unpaired) electrons. The molecule has 0 fully saturated rings. The molecule has 2 amide bonds. The zero-order valence-electron chi connectivity index (χ0n) is 16.7. The van der Waals surface area contributed by atoms with Crippen LogP contribution in [0.2, 0.25) is 0 Å². The summed E-state index contributed by atoms with van der Waals surface area (Å²) in [7, 11) is 1.55. The fourth-order valence-electron chi connectivity index (χ4n) is 2.34. The number of carbonyl (C=O) groups is 2. The van der Waals surface area contributed by atoms with E-state index in [9.17, 15) is 9.59 Å². The van der Waals surface area contributed by atoms with Crippen LogP contribution in [0.4, 0.5) is 4.79 Å². The van der Waals surface area contributed by atoms with Crippen molar-refractivity contribution in [2.45, 2.75) is 33.3 Å². The van der Waals surface area contributed by atoms with E-state index in [1.54, 1.807) is 65.3 Å². The highest BCUT2D eigenvalue weighted by Crippen LogP contribution is 2.29. The number of amidine groups is 1. The van der Waals surface area contributed by atoms with Crippen LogP contribution >= 0.6 is 11.8 Å². The summed E-state index contributed by atoms with van der Waals surface area (Å²) in [6.45, 7) is 6.63. The summed E-state index contributed by atoms with van der Waals surface area (Å²) >= 11 is 0.945. The highest BCUT2D eigenvalue weighted by atomic mass is 32.2. The van der Waals surface area contributed by atoms with Crippen LogP contribution in [0.5, 0.6) is 5.75 Å². The highest BCUT2D eigenvalue weighted by Gasteiger charge is 2.35. The molecule has 0 aliphatic carbocycles. The number of aromatic nitrogens is 1. The molecule has 0 unspecified atom stereocenters. The summed E-state index contributed by atoms with van der Waals surface area (Å²) in [5.41, 5.74) is 0.153. The van der Waals surface area contributed by atoms with Crippen LogP contribution in [0.15, 0.2) is 28.8 Å². The summed E-state index contributed by atoms with van der Waals surface area (Å²) in [6, 6.07) is 6.90. The standard InChI is InChI=1S/C19H23N3O5S/c1-11-14(15(21-27-11)12-7-9-13(25-5)10-8-12)16(23)22(17(20)28-6)18(24)26-19(2,3)4/h7-10,20H,1-6H3. The molecule has 2 rings (SSSR count). The monoisotopic (exact) mass is 405 g/mol. The zero-order chi connectivity index (χ0) is 21.1. The molecule has 2 aromatic rings. The molecule has 1 N–H and O–H groups in total. The van der Waals surface area contributed by atoms with Gasteiger partial charge in [0.2, 0.25) is 0 Å². The van der Waals surface area contributed by atoms with Crippen LogP contribution in [0.1, 0.15) is 36.9 Å². The lowest BCUT2D eigenvalue weighted by Gasteiger charge is -2.25. The first-order valence-electron chi connectivity index (χ1n) is 8.39. The van der Waals surface area contributed by atoms with Gasteiger partial charge in [0.25, 0.3) is 5.91 Å². The average Bonchev–Trinajstić information content (AvgIpc) is 3.01. The molecule has 8 nitrogen and oxygen atoms in total. The maximum absolute atomic E-state index is 13.2. The van der Waals surface area contributed by atoms with E-state index in [0.717, 1.165) is 11.8 Å². The number of nitrogens with zero attached hydrogens (tertiary/aromatic N) is 2. The Morgan fingerprint density at radius 2 is 1.82 bits per heavy atom. The van der Waals surface area contributed by atoms with E-state index in [2.05, 4.69) is 5.16 Å². The average molecular weight is 405 g/mol. The normalized spacial score (nSPS) is 11.1. The number of ether oxygens (including phenoxy) is 2. The molecule has 0 atom stereocenters. The van der Waals surface area contributed by atoms with Gasteiger partial charge in [0, 0.05) is 5.56 Å². The number of aryl methyl sites for hydroxylation is 1. The number of hydrogen-bond donors (Lipinski definition) is 1. The van der Waals surface area contributed by atoms with Crippen molar-refractivity contribution in [1.82, 2.24) is 10.1 Å². The Hall–Kier alpha value is -2.81. The van der Waals surface area contributed by atoms with Crippen molar-refractivity contribution in [2.24, 2.45) is 0 Å². The first kappa shape index (κ1) is 21.5. The van der Waals surface area contributed by atoms with Crippen molar-refractivity contribution in [3.05, 3.63) is 35.6 Å². The molecule has 0 bridgehead atoms. The molecule has 1 aromatic carbocycles. The van der Waals surface area contributed by atoms with Gasteiger partial charge in [-0.15, -0.1) is 0 Å². The van der Waals surface area contributed by atoms with Crippen molar-refractivity contribution in [2.75, 3.05) is 13.4 Å². The predicted octanol–water partition coefficient (Wildman–Crippen LogP) is 4.33. The Bertz CT molecular complexity index is 884. The number of thioether (sulfide) groups is 1. The number of rotatable bonds is 3. The van der Waals surface area contributed by atoms with Crippen LogP contribution in [0.3, 0.4) is 0 Å². The van der Waals surface area contributed by atoms with E-state index in [1.807, 2.05) is 0 Å². The zero-order valence-corrected chi connectivity index (χ0v) is 17.5. The maximum atomic E-state index is 13.2. The lowest BCUT2D eigenvalue weighted by Crippen LogP contribution is -2.43. The molecule has 0 aliphatic heterocycles. The second kappa shape index (κ2) is 8.47. The van der Waals surface area contributed by atoms with Gasteiger partial charge in [-0.25, -0.2) is 4.79 Å². The predicted molar refractivity (Wildman–Crippen MR) is 107 cm³/mol. The smallest absolute Gasteiger partial charge is 0.423 e. The largest absolute Gasteiger partial charge is 0.497 e. The third kappa shape index (κ3) is 4.72. The number of amides is 2. The molecule has 1 aromatic heterocycles. The van der Waals surface area contributed by atoms with Gasteiger partial charge >= 0.3 is 6.09 Å². The third-order valence-corrected chi connectivity index (χ3v) is 4.18. The second-order valence-corrected chi connectivity index (χ2v) is 7.62. The van der Waals surface area contributed by atoms with Crippen LogP contribution in [0, 0.1) is 12.3 Å². The second-order valence-electron chi connectivity index (χ2n) is 6.82. The quantitative estimate of drug-likeness (QED) is 0.598. The Balaban J connectivity index is 2.48. The number of carbonyl (C=O) groups excluding carboxylic acids is 2. The Morgan fingerprint density at radius 1 is 1.21 bits per heavy atom. The molecular formula is C19H23N3O5S. The van der Waals surface area contributed by atoms with E-state index in [4.69, 9.17) is 19.4 Å². The lowest BCUT2D eigenvalue weighted by molar-refractivity contribution is 0.0354. The minimum atomic E-state index is -0.932. The van der Waals surface area contributed by atoms with Gasteiger partial charge in [-0.1, -0.05) is 16.9 Å². The molecular weight excluding hydrogens is 382 g/mol. The first-order valence-corrected chi connectivity index (χ1v) is 9.62. The van der Waals surface area contributed by atoms with Crippen molar-refractivity contribution in [3.63, 3.8) is 0 Å². The van der Waals surface area contributed by atoms with Crippen LogP contribution in [0.25, 0.3) is 11.3 Å². The SMILES string of the molecule is COc1ccc(-c2noc(C)c2C(=O)N(C(=N)SC)C(=O)OC(C)(C)C)cc1. The summed E-state index contributed by atoms with van der Waals surface area (Å²) in [6.07, 6.45) is 0.663. The highest BCUT2D eigenvalue weighted by molar-refractivity contribution is 8.13. The molecule has 0 aliphatic rings. The van der Waals surface area contributed by atoms with Crippen molar-refractivity contribution < 1.29 is 23.6 Å². The minimum absolute atomic E-state index is 0.0924. The van der Waals surface area contributed by atoms with Crippen molar-refractivity contribution in [3.8, 4) is 17.0 Å². The number of imide groups is 1. The van der Waals surface area contributed by atoms with E-state index >= 15 is 0 Å². The number of methoxy groups -OCH3 is 1. The van der Waals surface area contributed by atoms with E-state index < -0.39 is 17.6 Å². The molecule has 9 heteroatoms. The minimum Gasteiger partial charge on any atom is -0.497 e. The van der Waals surface area contributed by atoms with Gasteiger partial charge in [0.05, 0.1) is 7.11 Å². The summed E-state index contributed by atoms with van der Waals surface area (Å²) in [5.74, 6) is 0.146. The Morgan fingerprint density at radius 3 is 2.32 bits per heavy atom. The van der Waals surface area contributed by atoms with Crippen LogP contribution in [-0.2, 0) is 4.74 Å². The number of benzene rings is 1. The number of hydrogen-bond acceptors (Lipinski definition) is 8. The van der Waals surface area contributed by atoms with Crippen molar-refractivity contribution in [1.29, 1.82) is 5.41 Å². The fourth-order valence-corrected chi connectivity index (χ4v) is 2.68. The molecule has 0 spiro atoms. The van der Waals surface area contributed by atoms with Gasteiger partial charge in [-0.05, 0) is 58.2 Å².